The molecule has 25 heavy (non-hydrogen) atoms. The molecule has 1 saturated carbocycles. The van der Waals surface area contributed by atoms with E-state index in [1.807, 2.05) is 19.9 Å². The topological polar surface area (TPSA) is 87.8 Å². The number of likely N-dealkylation sites (tertiary alicyclic amines) is 1. The predicted molar refractivity (Wildman–Crippen MR) is 90.5 cm³/mol. The second-order valence-corrected chi connectivity index (χ2v) is 7.47. The monoisotopic (exact) mass is 342 g/mol. The molecular weight excluding hydrogens is 320 g/mol. The quantitative estimate of drug-likeness (QED) is 0.902. The Bertz CT molecular complexity index is 903. The zero-order valence-electron chi connectivity index (χ0n) is 14.7. The first-order valence-corrected chi connectivity index (χ1v) is 8.70. The molecular formula is C18H22N4O3. The Morgan fingerprint density at radius 2 is 2.08 bits per heavy atom. The van der Waals surface area contributed by atoms with Crippen molar-refractivity contribution < 1.29 is 14.7 Å². The molecule has 0 radical (unpaired) electrons. The molecule has 2 atom stereocenters. The summed E-state index contributed by atoms with van der Waals surface area (Å²) in [6.07, 6.45) is 2.45. The number of amides is 1. The molecule has 0 unspecified atom stereocenters. The first-order chi connectivity index (χ1) is 11.8. The highest BCUT2D eigenvalue weighted by molar-refractivity contribution is 6.01. The van der Waals surface area contributed by atoms with Crippen molar-refractivity contribution in [3.8, 4) is 0 Å². The third-order valence-corrected chi connectivity index (χ3v) is 5.87. The fraction of sp³-hybridized carbons (Fsp3) is 0.556. The first-order valence-electron chi connectivity index (χ1n) is 8.70. The summed E-state index contributed by atoms with van der Waals surface area (Å²) >= 11 is 0. The van der Waals surface area contributed by atoms with Crippen LogP contribution >= 0.6 is 0 Å². The van der Waals surface area contributed by atoms with Gasteiger partial charge in [-0.15, -0.1) is 0 Å². The predicted octanol–water partition coefficient (Wildman–Crippen LogP) is 1.98. The second kappa shape index (κ2) is 5.28. The summed E-state index contributed by atoms with van der Waals surface area (Å²) in [4.78, 5) is 31.3. The molecule has 0 aromatic carbocycles. The number of carboxylic acid groups (broad SMARTS) is 1. The van der Waals surface area contributed by atoms with Crippen molar-refractivity contribution in [3.05, 3.63) is 28.7 Å². The van der Waals surface area contributed by atoms with E-state index in [1.54, 1.807) is 16.3 Å². The average molecular weight is 342 g/mol. The van der Waals surface area contributed by atoms with Crippen LogP contribution in [-0.2, 0) is 4.79 Å². The van der Waals surface area contributed by atoms with Crippen LogP contribution in [0.5, 0.6) is 0 Å². The van der Waals surface area contributed by atoms with E-state index < -0.39 is 11.4 Å². The van der Waals surface area contributed by atoms with Crippen LogP contribution < -0.4 is 0 Å². The van der Waals surface area contributed by atoms with Crippen molar-refractivity contribution in [1.29, 1.82) is 0 Å². The van der Waals surface area contributed by atoms with Crippen molar-refractivity contribution >= 4 is 17.5 Å². The third kappa shape index (κ3) is 2.18. The number of rotatable bonds is 2. The number of hydrogen-bond donors (Lipinski definition) is 1. The van der Waals surface area contributed by atoms with Gasteiger partial charge in [-0.05, 0) is 45.6 Å². The fourth-order valence-electron chi connectivity index (χ4n) is 4.63. The zero-order valence-corrected chi connectivity index (χ0v) is 14.7. The lowest BCUT2D eigenvalue weighted by Crippen LogP contribution is -2.37. The molecule has 4 rings (SSSR count). The van der Waals surface area contributed by atoms with Gasteiger partial charge in [0.15, 0.2) is 5.65 Å². The SMILES string of the molecule is Cc1cc(C)n2nc(C)c(C(=O)N3C[C@@H]4CCC[C@@]4(C(=O)O)C3)c2n1. The number of aryl methyl sites for hydroxylation is 3. The highest BCUT2D eigenvalue weighted by atomic mass is 16.4. The molecule has 2 aliphatic rings. The number of nitrogens with zero attached hydrogens (tertiary/aromatic N) is 4. The molecule has 2 aromatic heterocycles. The van der Waals surface area contributed by atoms with E-state index in [9.17, 15) is 14.7 Å². The summed E-state index contributed by atoms with van der Waals surface area (Å²) in [5, 5.41) is 14.2. The molecule has 7 heteroatoms. The Balaban J connectivity index is 1.75. The summed E-state index contributed by atoms with van der Waals surface area (Å²) in [5.74, 6) is -0.876. The minimum absolute atomic E-state index is 0.0486. The summed E-state index contributed by atoms with van der Waals surface area (Å²) in [6, 6.07) is 1.92. The van der Waals surface area contributed by atoms with Gasteiger partial charge >= 0.3 is 5.97 Å². The van der Waals surface area contributed by atoms with Crippen molar-refractivity contribution in [1.82, 2.24) is 19.5 Å². The first kappa shape index (κ1) is 16.1. The molecule has 1 N–H and O–H groups in total. The van der Waals surface area contributed by atoms with Gasteiger partial charge in [0.25, 0.3) is 5.91 Å². The van der Waals surface area contributed by atoms with Crippen molar-refractivity contribution in [3.63, 3.8) is 0 Å². The van der Waals surface area contributed by atoms with Crippen molar-refractivity contribution in [2.75, 3.05) is 13.1 Å². The maximum Gasteiger partial charge on any atom is 0.311 e. The number of carboxylic acids is 1. The van der Waals surface area contributed by atoms with E-state index in [2.05, 4.69) is 10.1 Å². The molecule has 2 aromatic rings. The molecule has 0 bridgehead atoms. The molecule has 2 fully saturated rings. The molecule has 7 nitrogen and oxygen atoms in total. The van der Waals surface area contributed by atoms with Gasteiger partial charge in [0, 0.05) is 24.5 Å². The van der Waals surface area contributed by atoms with Crippen LogP contribution in [-0.4, -0.2) is 49.6 Å². The maximum atomic E-state index is 13.2. The summed E-state index contributed by atoms with van der Waals surface area (Å²) in [7, 11) is 0. The average Bonchev–Trinajstić information content (AvgIpc) is 3.16. The minimum Gasteiger partial charge on any atom is -0.481 e. The number of aliphatic carboxylic acids is 1. The summed E-state index contributed by atoms with van der Waals surface area (Å²) in [6.45, 7) is 6.42. The second-order valence-electron chi connectivity index (χ2n) is 7.47. The van der Waals surface area contributed by atoms with E-state index in [0.29, 0.717) is 29.9 Å². The van der Waals surface area contributed by atoms with Gasteiger partial charge in [-0.3, -0.25) is 9.59 Å². The number of hydrogen-bond acceptors (Lipinski definition) is 4. The van der Waals surface area contributed by atoms with Crippen LogP contribution in [0.4, 0.5) is 0 Å². The van der Waals surface area contributed by atoms with Crippen LogP contribution in [0.2, 0.25) is 0 Å². The summed E-state index contributed by atoms with van der Waals surface area (Å²) < 4.78 is 1.69. The van der Waals surface area contributed by atoms with Crippen molar-refractivity contribution in [2.45, 2.75) is 40.0 Å². The Labute approximate surface area is 145 Å². The van der Waals surface area contributed by atoms with E-state index >= 15 is 0 Å². The smallest absolute Gasteiger partial charge is 0.311 e. The normalized spacial score (nSPS) is 25.6. The molecule has 1 aliphatic heterocycles. The van der Waals surface area contributed by atoms with Gasteiger partial charge in [0.1, 0.15) is 5.56 Å². The molecule has 1 aliphatic carbocycles. The van der Waals surface area contributed by atoms with Crippen LogP contribution in [0.1, 0.15) is 46.7 Å². The van der Waals surface area contributed by atoms with Gasteiger partial charge in [0.2, 0.25) is 0 Å². The largest absolute Gasteiger partial charge is 0.481 e. The van der Waals surface area contributed by atoms with Crippen LogP contribution in [0.25, 0.3) is 5.65 Å². The Morgan fingerprint density at radius 3 is 2.76 bits per heavy atom. The van der Waals surface area contributed by atoms with E-state index in [-0.39, 0.29) is 18.4 Å². The third-order valence-electron chi connectivity index (χ3n) is 5.87. The number of carbonyl (C=O) groups excluding carboxylic acids is 1. The van der Waals surface area contributed by atoms with Crippen molar-refractivity contribution in [2.24, 2.45) is 11.3 Å². The van der Waals surface area contributed by atoms with Crippen LogP contribution in [0.15, 0.2) is 6.07 Å². The number of carbonyl (C=O) groups is 2. The Hall–Kier alpha value is -2.44. The lowest BCUT2D eigenvalue weighted by molar-refractivity contribution is -0.149. The molecule has 132 valence electrons. The lowest BCUT2D eigenvalue weighted by atomic mass is 9.81. The van der Waals surface area contributed by atoms with Gasteiger partial charge < -0.3 is 10.0 Å². The molecule has 1 amide bonds. The van der Waals surface area contributed by atoms with Crippen LogP contribution in [0.3, 0.4) is 0 Å². The van der Waals surface area contributed by atoms with Gasteiger partial charge in [0.05, 0.1) is 11.1 Å². The molecule has 1 saturated heterocycles. The van der Waals surface area contributed by atoms with Crippen LogP contribution in [0, 0.1) is 32.1 Å². The van der Waals surface area contributed by atoms with Gasteiger partial charge in [-0.2, -0.15) is 5.10 Å². The molecule has 3 heterocycles. The minimum atomic E-state index is -0.772. The van der Waals surface area contributed by atoms with Gasteiger partial charge in [-0.25, -0.2) is 9.50 Å². The Morgan fingerprint density at radius 1 is 1.32 bits per heavy atom. The lowest BCUT2D eigenvalue weighted by Gasteiger charge is -2.23. The fourth-order valence-corrected chi connectivity index (χ4v) is 4.63. The van der Waals surface area contributed by atoms with Gasteiger partial charge in [-0.1, -0.05) is 6.42 Å². The zero-order chi connectivity index (χ0) is 17.9. The maximum absolute atomic E-state index is 13.2. The van der Waals surface area contributed by atoms with E-state index in [1.165, 1.54) is 0 Å². The summed E-state index contributed by atoms with van der Waals surface area (Å²) in [5.41, 5.74) is 2.66. The van der Waals surface area contributed by atoms with E-state index in [4.69, 9.17) is 0 Å². The Kier molecular flexibility index (Phi) is 3.39. The van der Waals surface area contributed by atoms with E-state index in [0.717, 1.165) is 24.2 Å². The number of fused-ring (bicyclic) bond motifs is 2. The highest BCUT2D eigenvalue weighted by Gasteiger charge is 2.56. The highest BCUT2D eigenvalue weighted by Crippen LogP contribution is 2.49. The number of aromatic nitrogens is 3. The standard InChI is InChI=1S/C18H22N4O3/c1-10-7-11(2)22-15(19-10)14(12(3)20-22)16(23)21-8-13-5-4-6-18(13,9-21)17(24)25/h7,13H,4-6,8-9H2,1-3H3,(H,24,25)/t13-,18+/m0/s1. The molecule has 0 spiro atoms.